The second kappa shape index (κ2) is 6.56. The van der Waals surface area contributed by atoms with Crippen molar-refractivity contribution in [1.82, 2.24) is 9.88 Å². The highest BCUT2D eigenvalue weighted by Crippen LogP contribution is 2.33. The van der Waals surface area contributed by atoms with E-state index in [0.717, 1.165) is 23.4 Å². The summed E-state index contributed by atoms with van der Waals surface area (Å²) in [5.74, 6) is -0.129. The monoisotopic (exact) mass is 395 g/mol. The predicted molar refractivity (Wildman–Crippen MR) is 104 cm³/mol. The highest BCUT2D eigenvalue weighted by Gasteiger charge is 2.31. The molecule has 7 nitrogen and oxygen atoms in total. The van der Waals surface area contributed by atoms with E-state index in [1.807, 2.05) is 0 Å². The molecular formula is C20H17N3O4S. The zero-order valence-electron chi connectivity index (χ0n) is 14.9. The van der Waals surface area contributed by atoms with Crippen molar-refractivity contribution >= 4 is 39.3 Å². The maximum absolute atomic E-state index is 12.9. The molecule has 2 aliphatic rings. The van der Waals surface area contributed by atoms with Gasteiger partial charge in [-0.2, -0.15) is 0 Å². The number of fused-ring (bicyclic) bond motifs is 2. The first-order chi connectivity index (χ1) is 13.6. The molecule has 1 aliphatic heterocycles. The van der Waals surface area contributed by atoms with E-state index < -0.39 is 0 Å². The van der Waals surface area contributed by atoms with Crippen molar-refractivity contribution in [2.75, 3.05) is 11.9 Å². The molecule has 1 saturated carbocycles. The van der Waals surface area contributed by atoms with Gasteiger partial charge < -0.3 is 14.6 Å². The number of rotatable bonds is 3. The van der Waals surface area contributed by atoms with Crippen LogP contribution in [0.4, 0.5) is 5.13 Å². The van der Waals surface area contributed by atoms with Crippen molar-refractivity contribution in [2.24, 2.45) is 5.92 Å². The number of amides is 2. The SMILES string of the molecule is O=C(Nc1nc2c(s1)CN(C(=O)c1cc(=O)c3ccccc3o1)CC2)C1CC1. The number of anilines is 1. The lowest BCUT2D eigenvalue weighted by Gasteiger charge is -2.25. The van der Waals surface area contributed by atoms with Gasteiger partial charge in [-0.05, 0) is 25.0 Å². The molecule has 0 bridgehead atoms. The molecule has 1 N–H and O–H groups in total. The maximum Gasteiger partial charge on any atom is 0.290 e. The van der Waals surface area contributed by atoms with Gasteiger partial charge in [-0.25, -0.2) is 4.98 Å². The summed E-state index contributed by atoms with van der Waals surface area (Å²) in [5, 5.41) is 3.92. The van der Waals surface area contributed by atoms with Gasteiger partial charge in [0.1, 0.15) is 5.58 Å². The third-order valence-electron chi connectivity index (χ3n) is 5.04. The summed E-state index contributed by atoms with van der Waals surface area (Å²) in [6.45, 7) is 0.879. The van der Waals surface area contributed by atoms with Crippen molar-refractivity contribution in [3.63, 3.8) is 0 Å². The van der Waals surface area contributed by atoms with E-state index >= 15 is 0 Å². The fourth-order valence-electron chi connectivity index (χ4n) is 3.34. The van der Waals surface area contributed by atoms with Crippen LogP contribution < -0.4 is 10.7 Å². The lowest BCUT2D eigenvalue weighted by Crippen LogP contribution is -2.35. The van der Waals surface area contributed by atoms with Gasteiger partial charge in [0.25, 0.3) is 5.91 Å². The van der Waals surface area contributed by atoms with Crippen LogP contribution in [0.2, 0.25) is 0 Å². The van der Waals surface area contributed by atoms with Crippen molar-refractivity contribution < 1.29 is 14.0 Å². The molecule has 0 radical (unpaired) electrons. The standard InChI is InChI=1S/C20H17N3O4S/c24-14-9-16(27-15-4-2-1-3-12(14)15)19(26)23-8-7-13-17(10-23)28-20(21-13)22-18(25)11-5-6-11/h1-4,9,11H,5-8,10H2,(H,21,22,25). The van der Waals surface area contributed by atoms with E-state index in [0.29, 0.717) is 35.6 Å². The Hall–Kier alpha value is -3.00. The van der Waals surface area contributed by atoms with Gasteiger partial charge >= 0.3 is 0 Å². The van der Waals surface area contributed by atoms with Crippen molar-refractivity contribution in [1.29, 1.82) is 0 Å². The summed E-state index contributed by atoms with van der Waals surface area (Å²) < 4.78 is 5.68. The first-order valence-corrected chi connectivity index (χ1v) is 10.0. The van der Waals surface area contributed by atoms with E-state index in [1.54, 1.807) is 29.2 Å². The van der Waals surface area contributed by atoms with Crippen LogP contribution in [0.5, 0.6) is 0 Å². The Balaban J connectivity index is 1.37. The zero-order valence-corrected chi connectivity index (χ0v) is 15.8. The van der Waals surface area contributed by atoms with Crippen LogP contribution >= 0.6 is 11.3 Å². The third kappa shape index (κ3) is 3.09. The minimum Gasteiger partial charge on any atom is -0.451 e. The smallest absolute Gasteiger partial charge is 0.290 e. The number of nitrogens with zero attached hydrogens (tertiary/aromatic N) is 2. The summed E-state index contributed by atoms with van der Waals surface area (Å²) >= 11 is 1.40. The Kier molecular flexibility index (Phi) is 4.01. The summed E-state index contributed by atoms with van der Waals surface area (Å²) in [6.07, 6.45) is 2.49. The average Bonchev–Trinajstić information content (AvgIpc) is 3.47. The number of thiazole rings is 1. The highest BCUT2D eigenvalue weighted by molar-refractivity contribution is 7.15. The summed E-state index contributed by atoms with van der Waals surface area (Å²) in [6, 6.07) is 8.14. The van der Waals surface area contributed by atoms with Crippen molar-refractivity contribution in [2.45, 2.75) is 25.8 Å². The molecule has 142 valence electrons. The van der Waals surface area contributed by atoms with Gasteiger partial charge in [0.05, 0.1) is 17.6 Å². The molecule has 2 amide bonds. The lowest BCUT2D eigenvalue weighted by atomic mass is 10.1. The van der Waals surface area contributed by atoms with Crippen LogP contribution in [-0.4, -0.2) is 28.2 Å². The molecule has 3 heterocycles. The Morgan fingerprint density at radius 3 is 2.89 bits per heavy atom. The van der Waals surface area contributed by atoms with Gasteiger partial charge in [-0.15, -0.1) is 0 Å². The molecule has 28 heavy (non-hydrogen) atoms. The van der Waals surface area contributed by atoms with Crippen LogP contribution in [-0.2, 0) is 17.8 Å². The van der Waals surface area contributed by atoms with Crippen molar-refractivity contribution in [3.8, 4) is 0 Å². The Bertz CT molecular complexity index is 1160. The summed E-state index contributed by atoms with van der Waals surface area (Å²) in [5.41, 5.74) is 1.09. The molecule has 1 fully saturated rings. The van der Waals surface area contributed by atoms with Gasteiger partial charge in [-0.1, -0.05) is 23.5 Å². The molecule has 2 aromatic heterocycles. The van der Waals surface area contributed by atoms with Crippen LogP contribution in [0, 0.1) is 5.92 Å². The Morgan fingerprint density at radius 2 is 2.07 bits per heavy atom. The Morgan fingerprint density at radius 1 is 1.25 bits per heavy atom. The van der Waals surface area contributed by atoms with Gasteiger partial charge in [0.15, 0.2) is 16.3 Å². The van der Waals surface area contributed by atoms with E-state index in [9.17, 15) is 14.4 Å². The van der Waals surface area contributed by atoms with Gasteiger partial charge in [0, 0.05) is 29.8 Å². The Labute approximate surface area is 164 Å². The van der Waals surface area contributed by atoms with Crippen LogP contribution in [0.25, 0.3) is 11.0 Å². The third-order valence-corrected chi connectivity index (χ3v) is 6.04. The lowest BCUT2D eigenvalue weighted by molar-refractivity contribution is -0.117. The molecule has 1 aromatic carbocycles. The fraction of sp³-hybridized carbons (Fsp3) is 0.300. The predicted octanol–water partition coefficient (Wildman–Crippen LogP) is 2.80. The van der Waals surface area contributed by atoms with E-state index in [1.165, 1.54) is 17.4 Å². The number of hydrogen-bond acceptors (Lipinski definition) is 6. The number of benzene rings is 1. The van der Waals surface area contributed by atoms with E-state index in [2.05, 4.69) is 10.3 Å². The molecule has 5 rings (SSSR count). The highest BCUT2D eigenvalue weighted by atomic mass is 32.1. The largest absolute Gasteiger partial charge is 0.451 e. The minimum absolute atomic E-state index is 0.0250. The molecular weight excluding hydrogens is 378 g/mol. The summed E-state index contributed by atoms with van der Waals surface area (Å²) in [4.78, 5) is 44.2. The van der Waals surface area contributed by atoms with Gasteiger partial charge in [-0.3, -0.25) is 14.4 Å². The number of carbonyl (C=O) groups excluding carboxylic acids is 2. The van der Waals surface area contributed by atoms with Crippen LogP contribution in [0.15, 0.2) is 39.5 Å². The molecule has 0 spiro atoms. The van der Waals surface area contributed by atoms with Crippen LogP contribution in [0.3, 0.4) is 0 Å². The minimum atomic E-state index is -0.314. The molecule has 0 unspecified atom stereocenters. The second-order valence-electron chi connectivity index (χ2n) is 7.10. The number of carbonyl (C=O) groups is 2. The first kappa shape index (κ1) is 17.1. The molecule has 0 atom stereocenters. The number of hydrogen-bond donors (Lipinski definition) is 1. The normalized spacial score (nSPS) is 16.1. The topological polar surface area (TPSA) is 92.5 Å². The zero-order chi connectivity index (χ0) is 19.3. The quantitative estimate of drug-likeness (QED) is 0.736. The van der Waals surface area contributed by atoms with E-state index in [-0.39, 0.29) is 28.9 Å². The molecule has 3 aromatic rings. The van der Waals surface area contributed by atoms with Crippen molar-refractivity contribution in [3.05, 3.63) is 56.9 Å². The molecule has 8 heteroatoms. The first-order valence-electron chi connectivity index (χ1n) is 9.20. The number of para-hydroxylation sites is 1. The van der Waals surface area contributed by atoms with Crippen LogP contribution in [0.1, 0.15) is 34.0 Å². The second-order valence-corrected chi connectivity index (χ2v) is 8.18. The molecule has 1 aliphatic carbocycles. The summed E-state index contributed by atoms with van der Waals surface area (Å²) in [7, 11) is 0. The maximum atomic E-state index is 12.9. The van der Waals surface area contributed by atoms with Gasteiger partial charge in [0.2, 0.25) is 5.91 Å². The number of nitrogens with one attached hydrogen (secondary N) is 1. The van der Waals surface area contributed by atoms with E-state index in [4.69, 9.17) is 4.42 Å². The fourth-order valence-corrected chi connectivity index (χ4v) is 4.37. The number of aromatic nitrogens is 1. The molecule has 0 saturated heterocycles. The average molecular weight is 395 g/mol.